The summed E-state index contributed by atoms with van der Waals surface area (Å²) in [6.45, 7) is 1.99. The summed E-state index contributed by atoms with van der Waals surface area (Å²) in [6, 6.07) is 3.50. The molecule has 0 aromatic heterocycles. The molecule has 0 atom stereocenters. The molecule has 0 fully saturated rings. The highest BCUT2D eigenvalue weighted by atomic mass is 16.5. The molecule has 0 unspecified atom stereocenters. The van der Waals surface area contributed by atoms with Crippen LogP contribution in [0.3, 0.4) is 0 Å². The first-order valence-corrected chi connectivity index (χ1v) is 5.61. The summed E-state index contributed by atoms with van der Waals surface area (Å²) in [5.41, 5.74) is 1.52. The lowest BCUT2D eigenvalue weighted by atomic mass is 10.1. The number of carboxylic acid groups (broad SMARTS) is 1. The third-order valence-corrected chi connectivity index (χ3v) is 2.80. The van der Waals surface area contributed by atoms with Gasteiger partial charge in [-0.3, -0.25) is 4.79 Å². The van der Waals surface area contributed by atoms with E-state index < -0.39 is 11.9 Å². The molecule has 0 aliphatic heterocycles. The van der Waals surface area contributed by atoms with E-state index in [1.807, 2.05) is 6.92 Å². The Morgan fingerprint density at radius 3 is 2.37 bits per heavy atom. The average Bonchev–Trinajstić information content (AvgIpc) is 2.38. The van der Waals surface area contributed by atoms with Crippen molar-refractivity contribution >= 4 is 11.9 Å². The Bertz CT molecular complexity index is 498. The van der Waals surface area contributed by atoms with Gasteiger partial charge in [-0.15, -0.1) is 0 Å². The maximum Gasteiger partial charge on any atom is 0.394 e. The van der Waals surface area contributed by atoms with Crippen molar-refractivity contribution in [3.63, 3.8) is 0 Å². The number of aliphatic carboxylic acids is 1. The molecule has 0 aliphatic carbocycles. The second-order valence-electron chi connectivity index (χ2n) is 4.05. The predicted molar refractivity (Wildman–Crippen MR) is 68.4 cm³/mol. The molecule has 1 amide bonds. The van der Waals surface area contributed by atoms with Crippen molar-refractivity contribution in [3.8, 4) is 11.5 Å². The van der Waals surface area contributed by atoms with E-state index >= 15 is 0 Å². The first-order valence-electron chi connectivity index (χ1n) is 5.61. The molecule has 1 aromatic rings. The molecule has 0 bridgehead atoms. The average molecular weight is 267 g/mol. The van der Waals surface area contributed by atoms with E-state index in [4.69, 9.17) is 14.6 Å². The quantitative estimate of drug-likeness (QED) is 0.825. The fourth-order valence-corrected chi connectivity index (χ4v) is 1.85. The van der Waals surface area contributed by atoms with Crippen LogP contribution in [0.1, 0.15) is 11.1 Å². The molecule has 0 saturated heterocycles. The van der Waals surface area contributed by atoms with Crippen LogP contribution in [0.25, 0.3) is 0 Å². The number of rotatable bonds is 4. The zero-order valence-corrected chi connectivity index (χ0v) is 11.4. The maximum absolute atomic E-state index is 11.3. The van der Waals surface area contributed by atoms with E-state index in [2.05, 4.69) is 0 Å². The summed E-state index contributed by atoms with van der Waals surface area (Å²) in [7, 11) is 4.50. The van der Waals surface area contributed by atoms with E-state index in [-0.39, 0.29) is 6.54 Å². The van der Waals surface area contributed by atoms with Crippen molar-refractivity contribution in [2.75, 3.05) is 21.3 Å². The van der Waals surface area contributed by atoms with Gasteiger partial charge in [0.25, 0.3) is 0 Å². The molecule has 0 aliphatic rings. The Kier molecular flexibility index (Phi) is 4.74. The van der Waals surface area contributed by atoms with Crippen LogP contribution in [0.5, 0.6) is 11.5 Å². The van der Waals surface area contributed by atoms with Crippen LogP contribution < -0.4 is 9.47 Å². The number of carbonyl (C=O) groups excluding carboxylic acids is 1. The monoisotopic (exact) mass is 267 g/mol. The van der Waals surface area contributed by atoms with Gasteiger partial charge in [0, 0.05) is 24.7 Å². The minimum Gasteiger partial charge on any atom is -0.496 e. The number of carbonyl (C=O) groups is 2. The maximum atomic E-state index is 11.3. The largest absolute Gasteiger partial charge is 0.496 e. The molecule has 0 radical (unpaired) electrons. The Balaban J connectivity index is 3.05. The van der Waals surface area contributed by atoms with Crippen molar-refractivity contribution in [1.29, 1.82) is 0 Å². The summed E-state index contributed by atoms with van der Waals surface area (Å²) in [4.78, 5) is 23.0. The molecule has 6 nitrogen and oxygen atoms in total. The van der Waals surface area contributed by atoms with Crippen molar-refractivity contribution in [2.45, 2.75) is 13.5 Å². The third kappa shape index (κ3) is 3.15. The number of hydrogen-bond acceptors (Lipinski definition) is 4. The van der Waals surface area contributed by atoms with E-state index in [1.165, 1.54) is 14.2 Å². The van der Waals surface area contributed by atoms with Crippen molar-refractivity contribution in [1.82, 2.24) is 4.90 Å². The van der Waals surface area contributed by atoms with Crippen LogP contribution in [0.4, 0.5) is 0 Å². The Labute approximate surface area is 111 Å². The van der Waals surface area contributed by atoms with E-state index in [0.717, 1.165) is 16.0 Å². The highest BCUT2D eigenvalue weighted by Gasteiger charge is 2.19. The summed E-state index contributed by atoms with van der Waals surface area (Å²) < 4.78 is 10.5. The zero-order valence-electron chi connectivity index (χ0n) is 11.4. The van der Waals surface area contributed by atoms with Gasteiger partial charge in [0.05, 0.1) is 14.2 Å². The number of amides is 1. The molecule has 0 saturated carbocycles. The van der Waals surface area contributed by atoms with Gasteiger partial charge in [0.2, 0.25) is 0 Å². The summed E-state index contributed by atoms with van der Waals surface area (Å²) in [5.74, 6) is -1.18. The van der Waals surface area contributed by atoms with Gasteiger partial charge in [-0.25, -0.2) is 4.79 Å². The number of ether oxygens (including phenoxy) is 2. The summed E-state index contributed by atoms with van der Waals surface area (Å²) in [5, 5.41) is 8.65. The highest BCUT2D eigenvalue weighted by Crippen LogP contribution is 2.31. The Morgan fingerprint density at radius 1 is 1.26 bits per heavy atom. The van der Waals surface area contributed by atoms with Crippen LogP contribution in [-0.4, -0.2) is 43.2 Å². The summed E-state index contributed by atoms with van der Waals surface area (Å²) in [6.07, 6.45) is 0. The van der Waals surface area contributed by atoms with Gasteiger partial charge < -0.3 is 19.5 Å². The Morgan fingerprint density at radius 2 is 1.89 bits per heavy atom. The standard InChI is InChI=1S/C13H17NO5/c1-8-10(18-3)6-5-9(11(8)19-4)7-14(2)12(15)13(16)17/h5-6H,7H2,1-4H3,(H,16,17). The minimum atomic E-state index is -1.48. The number of nitrogens with zero attached hydrogens (tertiary/aromatic N) is 1. The van der Waals surface area contributed by atoms with Gasteiger partial charge in [-0.2, -0.15) is 0 Å². The van der Waals surface area contributed by atoms with Crippen LogP contribution in [0.2, 0.25) is 0 Å². The molecule has 19 heavy (non-hydrogen) atoms. The van der Waals surface area contributed by atoms with E-state index in [0.29, 0.717) is 11.5 Å². The van der Waals surface area contributed by atoms with Crippen LogP contribution in [0.15, 0.2) is 12.1 Å². The second-order valence-corrected chi connectivity index (χ2v) is 4.05. The van der Waals surface area contributed by atoms with Gasteiger partial charge in [-0.05, 0) is 19.1 Å². The lowest BCUT2D eigenvalue weighted by Crippen LogP contribution is -2.32. The number of methoxy groups -OCH3 is 2. The van der Waals surface area contributed by atoms with Crippen LogP contribution in [-0.2, 0) is 16.1 Å². The molecule has 1 rings (SSSR count). The van der Waals surface area contributed by atoms with Gasteiger partial charge >= 0.3 is 11.9 Å². The predicted octanol–water partition coefficient (Wildman–Crippen LogP) is 1.06. The smallest absolute Gasteiger partial charge is 0.394 e. The fourth-order valence-electron chi connectivity index (χ4n) is 1.85. The number of benzene rings is 1. The number of likely N-dealkylation sites (N-methyl/N-ethyl adjacent to an activating group) is 1. The lowest BCUT2D eigenvalue weighted by molar-refractivity contribution is -0.155. The first-order chi connectivity index (χ1) is 8.92. The van der Waals surface area contributed by atoms with E-state index in [9.17, 15) is 9.59 Å². The zero-order chi connectivity index (χ0) is 14.6. The van der Waals surface area contributed by atoms with Crippen molar-refractivity contribution < 1.29 is 24.2 Å². The van der Waals surface area contributed by atoms with Crippen LogP contribution in [0, 0.1) is 6.92 Å². The number of carboxylic acids is 1. The third-order valence-electron chi connectivity index (χ3n) is 2.80. The molecule has 6 heteroatoms. The normalized spacial score (nSPS) is 9.89. The fraction of sp³-hybridized carbons (Fsp3) is 0.385. The van der Waals surface area contributed by atoms with Gasteiger partial charge in [0.1, 0.15) is 11.5 Å². The highest BCUT2D eigenvalue weighted by molar-refractivity contribution is 6.31. The number of hydrogen-bond donors (Lipinski definition) is 1. The summed E-state index contributed by atoms with van der Waals surface area (Å²) >= 11 is 0. The molecule has 0 spiro atoms. The van der Waals surface area contributed by atoms with Crippen molar-refractivity contribution in [2.24, 2.45) is 0 Å². The van der Waals surface area contributed by atoms with E-state index in [1.54, 1.807) is 19.2 Å². The second kappa shape index (κ2) is 6.08. The first kappa shape index (κ1) is 14.8. The topological polar surface area (TPSA) is 76.1 Å². The molecule has 1 N–H and O–H groups in total. The Hall–Kier alpha value is -2.24. The minimum absolute atomic E-state index is 0.152. The molecular weight excluding hydrogens is 250 g/mol. The molecule has 1 aromatic carbocycles. The van der Waals surface area contributed by atoms with Crippen molar-refractivity contribution in [3.05, 3.63) is 23.3 Å². The van der Waals surface area contributed by atoms with Crippen LogP contribution >= 0.6 is 0 Å². The SMILES string of the molecule is COc1ccc(CN(C)C(=O)C(=O)O)c(OC)c1C. The molecular formula is C13H17NO5. The van der Waals surface area contributed by atoms with Gasteiger partial charge in [0.15, 0.2) is 0 Å². The molecule has 104 valence electrons. The molecule has 0 heterocycles. The lowest BCUT2D eigenvalue weighted by Gasteiger charge is -2.19. The van der Waals surface area contributed by atoms with Gasteiger partial charge in [-0.1, -0.05) is 0 Å².